The first-order valence-electron chi connectivity index (χ1n) is 10.4. The van der Waals surface area contributed by atoms with Crippen molar-refractivity contribution in [2.75, 3.05) is 19.8 Å². The third-order valence-corrected chi connectivity index (χ3v) is 5.20. The molecule has 1 heterocycles. The molecule has 0 aliphatic carbocycles. The van der Waals surface area contributed by atoms with Crippen molar-refractivity contribution in [3.05, 3.63) is 29.3 Å². The summed E-state index contributed by atoms with van der Waals surface area (Å²) in [5, 5.41) is 11.5. The summed E-state index contributed by atoms with van der Waals surface area (Å²) in [6.07, 6.45) is 2.46. The Hall–Kier alpha value is -1.76. The Morgan fingerprint density at radius 1 is 1.17 bits per heavy atom. The zero-order valence-electron chi connectivity index (χ0n) is 17.3. The van der Waals surface area contributed by atoms with E-state index >= 15 is 0 Å². The molecule has 29 heavy (non-hydrogen) atoms. The summed E-state index contributed by atoms with van der Waals surface area (Å²) in [4.78, 5) is 4.25. The lowest BCUT2D eigenvalue weighted by Gasteiger charge is -2.27. The molecule has 2 rings (SSSR count). The van der Waals surface area contributed by atoms with Gasteiger partial charge in [0.2, 0.25) is 0 Å². The van der Waals surface area contributed by atoms with E-state index in [0.29, 0.717) is 24.3 Å². The van der Waals surface area contributed by atoms with Crippen LogP contribution in [0.5, 0.6) is 5.75 Å². The molecule has 0 radical (unpaired) electrons. The lowest BCUT2D eigenvalue weighted by Crippen LogP contribution is -2.40. The first kappa shape index (κ1) is 23.5. The molecule has 0 fully saturated rings. The second-order valence-corrected chi connectivity index (χ2v) is 7.73. The van der Waals surface area contributed by atoms with Crippen molar-refractivity contribution in [3.8, 4) is 5.75 Å². The van der Waals surface area contributed by atoms with Gasteiger partial charge in [-0.3, -0.25) is 0 Å². The van der Waals surface area contributed by atoms with Crippen LogP contribution in [0.3, 0.4) is 0 Å². The van der Waals surface area contributed by atoms with E-state index in [1.54, 1.807) is 13.0 Å². The second-order valence-electron chi connectivity index (χ2n) is 7.73. The topological polar surface area (TPSA) is 53.9 Å². The molecule has 0 N–H and O–H groups in total. The van der Waals surface area contributed by atoms with Crippen LogP contribution in [-0.4, -0.2) is 31.3 Å². The number of aliphatic imine (C=N–C) groups is 1. The Morgan fingerprint density at radius 3 is 2.52 bits per heavy atom. The number of rotatable bonds is 12. The number of benzene rings is 1. The van der Waals surface area contributed by atoms with E-state index in [1.165, 1.54) is 12.5 Å². The summed E-state index contributed by atoms with van der Waals surface area (Å²) in [6.45, 7) is 3.83. The lowest BCUT2D eigenvalue weighted by atomic mass is 9.93. The molecule has 1 aliphatic rings. The van der Waals surface area contributed by atoms with Crippen molar-refractivity contribution in [1.29, 1.82) is 0 Å². The Kier molecular flexibility index (Phi) is 8.80. The molecule has 4 nitrogen and oxygen atoms in total. The van der Waals surface area contributed by atoms with Gasteiger partial charge in [0, 0.05) is 6.92 Å². The smallest absolute Gasteiger partial charge is 0.419 e. The summed E-state index contributed by atoms with van der Waals surface area (Å²) < 4.78 is 51.2. The van der Waals surface area contributed by atoms with Crippen LogP contribution >= 0.6 is 0 Å². The number of nitrogens with zero attached hydrogens (tertiary/aromatic N) is 1. The van der Waals surface area contributed by atoms with Crippen molar-refractivity contribution >= 4 is 5.90 Å². The predicted octanol–water partition coefficient (Wildman–Crippen LogP) is 4.93. The number of halogens is 3. The van der Waals surface area contributed by atoms with Gasteiger partial charge in [0.15, 0.2) is 5.90 Å². The largest absolute Gasteiger partial charge is 0.853 e. The van der Waals surface area contributed by atoms with Gasteiger partial charge in [-0.15, -0.1) is 6.61 Å². The molecule has 0 spiro atoms. The van der Waals surface area contributed by atoms with E-state index in [2.05, 4.69) is 11.9 Å². The maximum absolute atomic E-state index is 13.5. The molecule has 1 unspecified atom stereocenters. The standard InChI is InChI=1S/C22H31F3NO3/c1-3-4-5-6-7-8-13-28-20-10-9-18(14-19(20)22(23,24)25)11-12-21(15-27)16-29-17(2)26-21/h9-10,14H,3-8,11-13,15-16H2,1-2H3/q-1. The van der Waals surface area contributed by atoms with Gasteiger partial charge in [-0.05, 0) is 37.0 Å². The number of hydrogen-bond donors (Lipinski definition) is 0. The number of hydrogen-bond acceptors (Lipinski definition) is 4. The molecule has 0 aromatic heterocycles. The zero-order chi connectivity index (χ0) is 21.3. The number of aryl methyl sites for hydroxylation is 1. The van der Waals surface area contributed by atoms with Crippen LogP contribution in [0.25, 0.3) is 0 Å². The summed E-state index contributed by atoms with van der Waals surface area (Å²) >= 11 is 0. The summed E-state index contributed by atoms with van der Waals surface area (Å²) in [7, 11) is 0. The fourth-order valence-electron chi connectivity index (χ4n) is 3.43. The van der Waals surface area contributed by atoms with E-state index in [-0.39, 0.29) is 19.0 Å². The molecular weight excluding hydrogens is 383 g/mol. The van der Waals surface area contributed by atoms with Gasteiger partial charge >= 0.3 is 6.18 Å². The quantitative estimate of drug-likeness (QED) is 0.456. The van der Waals surface area contributed by atoms with Crippen LogP contribution in [0, 0.1) is 0 Å². The van der Waals surface area contributed by atoms with Crippen LogP contribution < -0.4 is 9.84 Å². The molecule has 1 atom stereocenters. The van der Waals surface area contributed by atoms with Gasteiger partial charge in [0.05, 0.1) is 17.7 Å². The summed E-state index contributed by atoms with van der Waals surface area (Å²) in [5.74, 6) is 0.321. The highest BCUT2D eigenvalue weighted by Crippen LogP contribution is 2.37. The first-order valence-corrected chi connectivity index (χ1v) is 10.4. The maximum atomic E-state index is 13.5. The molecular formula is C22H31F3NO3-. The highest BCUT2D eigenvalue weighted by atomic mass is 19.4. The summed E-state index contributed by atoms with van der Waals surface area (Å²) in [5.41, 5.74) is -1.13. The highest BCUT2D eigenvalue weighted by molar-refractivity contribution is 5.75. The van der Waals surface area contributed by atoms with E-state index in [4.69, 9.17) is 9.47 Å². The van der Waals surface area contributed by atoms with Gasteiger partial charge in [-0.2, -0.15) is 13.2 Å². The zero-order valence-corrected chi connectivity index (χ0v) is 17.3. The minimum absolute atomic E-state index is 0.133. The van der Waals surface area contributed by atoms with Crippen LogP contribution in [-0.2, 0) is 17.3 Å². The average molecular weight is 414 g/mol. The Balaban J connectivity index is 1.96. The molecule has 0 saturated carbocycles. The molecule has 1 aromatic carbocycles. The van der Waals surface area contributed by atoms with E-state index < -0.39 is 23.9 Å². The second kappa shape index (κ2) is 10.9. The monoisotopic (exact) mass is 414 g/mol. The van der Waals surface area contributed by atoms with Crippen molar-refractivity contribution in [2.24, 2.45) is 4.99 Å². The van der Waals surface area contributed by atoms with E-state index in [0.717, 1.165) is 38.2 Å². The van der Waals surface area contributed by atoms with Gasteiger partial charge < -0.3 is 14.6 Å². The summed E-state index contributed by atoms with van der Waals surface area (Å²) in [6, 6.07) is 4.15. The molecule has 0 bridgehead atoms. The fraction of sp³-hybridized carbons (Fsp3) is 0.682. The van der Waals surface area contributed by atoms with Gasteiger partial charge in [-0.25, -0.2) is 4.99 Å². The van der Waals surface area contributed by atoms with Gasteiger partial charge in [0.25, 0.3) is 0 Å². The predicted molar refractivity (Wildman–Crippen MR) is 105 cm³/mol. The fourth-order valence-corrected chi connectivity index (χ4v) is 3.43. The van der Waals surface area contributed by atoms with Gasteiger partial charge in [-0.1, -0.05) is 45.1 Å². The van der Waals surface area contributed by atoms with Crippen molar-refractivity contribution < 1.29 is 27.8 Å². The Morgan fingerprint density at radius 2 is 1.90 bits per heavy atom. The van der Waals surface area contributed by atoms with E-state index in [1.807, 2.05) is 0 Å². The molecule has 0 amide bonds. The molecule has 1 aliphatic heterocycles. The van der Waals surface area contributed by atoms with Crippen LogP contribution in [0.1, 0.15) is 69.9 Å². The van der Waals surface area contributed by atoms with Crippen LogP contribution in [0.4, 0.5) is 13.2 Å². The van der Waals surface area contributed by atoms with Crippen molar-refractivity contribution in [1.82, 2.24) is 0 Å². The first-order chi connectivity index (χ1) is 13.8. The Labute approximate surface area is 171 Å². The molecule has 7 heteroatoms. The van der Waals surface area contributed by atoms with Crippen molar-refractivity contribution in [2.45, 2.75) is 76.9 Å². The highest BCUT2D eigenvalue weighted by Gasteiger charge is 2.35. The number of ether oxygens (including phenoxy) is 2. The third kappa shape index (κ3) is 7.21. The van der Waals surface area contributed by atoms with E-state index in [9.17, 15) is 18.3 Å². The maximum Gasteiger partial charge on any atom is 0.419 e. The van der Waals surface area contributed by atoms with Gasteiger partial charge in [0.1, 0.15) is 12.4 Å². The Bertz CT molecular complexity index is 676. The molecule has 164 valence electrons. The lowest BCUT2D eigenvalue weighted by molar-refractivity contribution is -0.381. The number of alkyl halides is 3. The third-order valence-electron chi connectivity index (χ3n) is 5.20. The average Bonchev–Trinajstić information content (AvgIpc) is 3.07. The minimum atomic E-state index is -4.49. The number of unbranched alkanes of at least 4 members (excludes halogenated alkanes) is 5. The normalized spacial score (nSPS) is 19.2. The van der Waals surface area contributed by atoms with Crippen LogP contribution in [0.2, 0.25) is 0 Å². The SMILES string of the molecule is CCCCCCCCOc1ccc(CCC2(C[O-])COC(C)=N2)cc1C(F)(F)F. The molecule has 1 aromatic rings. The molecule has 0 saturated heterocycles. The van der Waals surface area contributed by atoms with Crippen molar-refractivity contribution in [3.63, 3.8) is 0 Å². The van der Waals surface area contributed by atoms with Crippen LogP contribution in [0.15, 0.2) is 23.2 Å². The minimum Gasteiger partial charge on any atom is -0.853 e.